The van der Waals surface area contributed by atoms with Crippen LogP contribution in [0.25, 0.3) is 0 Å². The number of benzene rings is 3. The van der Waals surface area contributed by atoms with Gasteiger partial charge < -0.3 is 5.32 Å². The van der Waals surface area contributed by atoms with Gasteiger partial charge in [0.2, 0.25) is 21.8 Å². The molecule has 0 aliphatic carbocycles. The molecule has 3 aromatic carbocycles. The first-order valence-electron chi connectivity index (χ1n) is 11.2. The molecular formula is C26H24FN3O5S. The van der Waals surface area contributed by atoms with Crippen LogP contribution in [0.2, 0.25) is 0 Å². The highest BCUT2D eigenvalue weighted by molar-refractivity contribution is 7.89. The maximum absolute atomic E-state index is 13.6. The monoisotopic (exact) mass is 509 g/mol. The zero-order valence-electron chi connectivity index (χ0n) is 19.4. The summed E-state index contributed by atoms with van der Waals surface area (Å²) in [6.45, 7) is 1.31. The van der Waals surface area contributed by atoms with E-state index in [1.165, 1.54) is 19.1 Å². The average Bonchev–Trinajstić information content (AvgIpc) is 3.13. The van der Waals surface area contributed by atoms with Gasteiger partial charge in [-0.05, 0) is 60.5 Å². The van der Waals surface area contributed by atoms with Crippen LogP contribution in [0.3, 0.4) is 0 Å². The number of carbonyl (C=O) groups is 3. The Morgan fingerprint density at radius 2 is 1.64 bits per heavy atom. The number of carbonyl (C=O) groups excluding carboxylic acids is 3. The lowest BCUT2D eigenvalue weighted by Gasteiger charge is -2.27. The molecule has 0 radical (unpaired) electrons. The molecule has 1 N–H and O–H groups in total. The number of nitrogens with one attached hydrogen (secondary N) is 1. The SMILES string of the molecule is CC(=O)Nc1ccc(N2C(=O)CC(N(CCc3ccccc3)S(=O)(=O)c3ccc(F)cc3)C2=O)cc1. The van der Waals surface area contributed by atoms with Crippen LogP contribution in [0.15, 0.2) is 83.8 Å². The Morgan fingerprint density at radius 1 is 1.00 bits per heavy atom. The molecule has 36 heavy (non-hydrogen) atoms. The van der Waals surface area contributed by atoms with E-state index in [1.807, 2.05) is 30.3 Å². The Morgan fingerprint density at radius 3 is 2.25 bits per heavy atom. The number of sulfonamides is 1. The van der Waals surface area contributed by atoms with Gasteiger partial charge in [0.25, 0.3) is 5.91 Å². The fourth-order valence-corrected chi connectivity index (χ4v) is 5.66. The summed E-state index contributed by atoms with van der Waals surface area (Å²) in [6, 6.07) is 18.4. The molecule has 1 unspecified atom stereocenters. The van der Waals surface area contributed by atoms with Gasteiger partial charge in [-0.2, -0.15) is 4.31 Å². The van der Waals surface area contributed by atoms with Gasteiger partial charge in [0.15, 0.2) is 0 Å². The molecule has 1 fully saturated rings. The highest BCUT2D eigenvalue weighted by Gasteiger charge is 2.46. The van der Waals surface area contributed by atoms with Gasteiger partial charge in [0.1, 0.15) is 11.9 Å². The third kappa shape index (κ3) is 5.34. The summed E-state index contributed by atoms with van der Waals surface area (Å²) < 4.78 is 41.6. The highest BCUT2D eigenvalue weighted by Crippen LogP contribution is 2.30. The molecule has 10 heteroatoms. The molecule has 1 saturated heterocycles. The summed E-state index contributed by atoms with van der Waals surface area (Å²) in [7, 11) is -4.23. The van der Waals surface area contributed by atoms with E-state index in [4.69, 9.17) is 0 Å². The number of nitrogens with zero attached hydrogens (tertiary/aromatic N) is 2. The first kappa shape index (κ1) is 25.2. The number of hydrogen-bond acceptors (Lipinski definition) is 5. The van der Waals surface area contributed by atoms with Crippen molar-refractivity contribution < 1.29 is 27.2 Å². The molecule has 0 bridgehead atoms. The summed E-state index contributed by atoms with van der Waals surface area (Å²) >= 11 is 0. The fraction of sp³-hybridized carbons (Fsp3) is 0.192. The molecule has 0 aromatic heterocycles. The van der Waals surface area contributed by atoms with Crippen LogP contribution in [0.1, 0.15) is 18.9 Å². The van der Waals surface area contributed by atoms with Crippen LogP contribution in [-0.2, 0) is 30.8 Å². The van der Waals surface area contributed by atoms with Gasteiger partial charge in [-0.1, -0.05) is 30.3 Å². The van der Waals surface area contributed by atoms with Crippen LogP contribution in [-0.4, -0.2) is 43.0 Å². The maximum Gasteiger partial charge on any atom is 0.252 e. The standard InChI is InChI=1S/C26H24FN3O5S/c1-18(31)28-21-9-11-22(12-10-21)30-25(32)17-24(26(30)33)29(16-15-19-5-3-2-4-6-19)36(34,35)23-13-7-20(27)8-14-23/h2-14,24H,15-17H2,1H3,(H,28,31). The minimum Gasteiger partial charge on any atom is -0.326 e. The van der Waals surface area contributed by atoms with Gasteiger partial charge >= 0.3 is 0 Å². The van der Waals surface area contributed by atoms with Crippen molar-refractivity contribution in [3.63, 3.8) is 0 Å². The van der Waals surface area contributed by atoms with Crippen molar-refractivity contribution in [1.82, 2.24) is 4.31 Å². The second-order valence-electron chi connectivity index (χ2n) is 8.32. The molecule has 1 atom stereocenters. The molecule has 186 valence electrons. The molecule has 3 aromatic rings. The Kier molecular flexibility index (Phi) is 7.27. The van der Waals surface area contributed by atoms with Crippen molar-refractivity contribution in [2.75, 3.05) is 16.8 Å². The first-order valence-corrected chi connectivity index (χ1v) is 12.7. The topological polar surface area (TPSA) is 104 Å². The van der Waals surface area contributed by atoms with Crippen LogP contribution in [0, 0.1) is 5.82 Å². The summed E-state index contributed by atoms with van der Waals surface area (Å²) in [5, 5.41) is 2.60. The summed E-state index contributed by atoms with van der Waals surface area (Å²) in [5.74, 6) is -2.08. The molecule has 4 rings (SSSR count). The molecule has 1 aliphatic rings. The van der Waals surface area contributed by atoms with E-state index in [0.29, 0.717) is 12.1 Å². The Labute approximate surface area is 208 Å². The van der Waals surface area contributed by atoms with Crippen molar-refractivity contribution in [3.8, 4) is 0 Å². The number of rotatable bonds is 8. The van der Waals surface area contributed by atoms with Crippen molar-refractivity contribution in [1.29, 1.82) is 0 Å². The Hall–Kier alpha value is -3.89. The normalized spacial score (nSPS) is 16.0. The number of halogens is 1. The second-order valence-corrected chi connectivity index (χ2v) is 10.2. The first-order chi connectivity index (χ1) is 17.2. The molecule has 0 spiro atoms. The van der Waals surface area contributed by atoms with Crippen molar-refractivity contribution in [2.45, 2.75) is 30.7 Å². The number of hydrogen-bond donors (Lipinski definition) is 1. The van der Waals surface area contributed by atoms with Gasteiger partial charge in [-0.25, -0.2) is 17.7 Å². The molecule has 3 amide bonds. The average molecular weight is 510 g/mol. The number of imide groups is 1. The second kappa shape index (κ2) is 10.4. The molecule has 0 saturated carbocycles. The molecular weight excluding hydrogens is 485 g/mol. The summed E-state index contributed by atoms with van der Waals surface area (Å²) in [5.41, 5.74) is 1.62. The minimum absolute atomic E-state index is 0.0529. The van der Waals surface area contributed by atoms with E-state index in [0.717, 1.165) is 39.0 Å². The van der Waals surface area contributed by atoms with Crippen molar-refractivity contribution in [2.24, 2.45) is 0 Å². The summed E-state index contributed by atoms with van der Waals surface area (Å²) in [4.78, 5) is 38.4. The van der Waals surface area contributed by atoms with E-state index in [2.05, 4.69) is 5.32 Å². The third-order valence-electron chi connectivity index (χ3n) is 5.80. The maximum atomic E-state index is 13.6. The third-order valence-corrected chi connectivity index (χ3v) is 7.72. The minimum atomic E-state index is -4.23. The smallest absolute Gasteiger partial charge is 0.252 e. The Balaban J connectivity index is 1.65. The highest BCUT2D eigenvalue weighted by atomic mass is 32.2. The van der Waals surface area contributed by atoms with Crippen molar-refractivity contribution >= 4 is 39.1 Å². The predicted molar refractivity (Wildman–Crippen MR) is 132 cm³/mol. The van der Waals surface area contributed by atoms with Gasteiger partial charge in [0.05, 0.1) is 17.0 Å². The lowest BCUT2D eigenvalue weighted by atomic mass is 10.1. The number of amides is 3. The lowest BCUT2D eigenvalue weighted by Crippen LogP contribution is -2.46. The predicted octanol–water partition coefficient (Wildman–Crippen LogP) is 3.35. The van der Waals surface area contributed by atoms with Crippen LogP contribution < -0.4 is 10.2 Å². The van der Waals surface area contributed by atoms with E-state index >= 15 is 0 Å². The fourth-order valence-electron chi connectivity index (χ4n) is 4.08. The van der Waals surface area contributed by atoms with Crippen LogP contribution in [0.5, 0.6) is 0 Å². The zero-order chi connectivity index (χ0) is 25.9. The van der Waals surface area contributed by atoms with Gasteiger partial charge in [0, 0.05) is 19.2 Å². The number of anilines is 2. The van der Waals surface area contributed by atoms with Gasteiger partial charge in [-0.15, -0.1) is 0 Å². The van der Waals surface area contributed by atoms with E-state index in [-0.39, 0.29) is 29.5 Å². The molecule has 8 nitrogen and oxygen atoms in total. The molecule has 1 aliphatic heterocycles. The quantitative estimate of drug-likeness (QED) is 0.469. The van der Waals surface area contributed by atoms with Crippen molar-refractivity contribution in [3.05, 3.63) is 90.2 Å². The van der Waals surface area contributed by atoms with Crippen LogP contribution in [0.4, 0.5) is 15.8 Å². The van der Waals surface area contributed by atoms with Gasteiger partial charge in [-0.3, -0.25) is 14.4 Å². The van der Waals surface area contributed by atoms with E-state index in [1.54, 1.807) is 12.1 Å². The van der Waals surface area contributed by atoms with Crippen LogP contribution >= 0.6 is 0 Å². The molecule has 1 heterocycles. The van der Waals surface area contributed by atoms with E-state index in [9.17, 15) is 27.2 Å². The Bertz CT molecular complexity index is 1380. The van der Waals surface area contributed by atoms with E-state index < -0.39 is 33.7 Å². The lowest BCUT2D eigenvalue weighted by molar-refractivity contribution is -0.122. The zero-order valence-corrected chi connectivity index (χ0v) is 20.2. The largest absolute Gasteiger partial charge is 0.326 e. The summed E-state index contributed by atoms with van der Waals surface area (Å²) in [6.07, 6.45) is -0.0217.